The van der Waals surface area contributed by atoms with Gasteiger partial charge in [0, 0.05) is 25.2 Å². The van der Waals surface area contributed by atoms with Crippen LogP contribution in [0.2, 0.25) is 0 Å². The summed E-state index contributed by atoms with van der Waals surface area (Å²) < 4.78 is 32.5. The predicted molar refractivity (Wildman–Crippen MR) is 108 cm³/mol. The molecular weight excluding hydrogens is 378 g/mol. The summed E-state index contributed by atoms with van der Waals surface area (Å²) in [4.78, 5) is 18.2. The van der Waals surface area contributed by atoms with E-state index in [1.165, 1.54) is 0 Å². The number of guanidine groups is 1. The average molecular weight is 402 g/mol. The van der Waals surface area contributed by atoms with E-state index in [4.69, 9.17) is 4.74 Å². The average Bonchev–Trinajstić information content (AvgIpc) is 2.72. The summed E-state index contributed by atoms with van der Waals surface area (Å²) in [6.45, 7) is 3.70. The second-order valence-electron chi connectivity index (χ2n) is 6.51. The van der Waals surface area contributed by atoms with Crippen LogP contribution >= 0.6 is 0 Å². The second kappa shape index (κ2) is 9.86. The number of ether oxygens (including phenoxy) is 1. The third-order valence-corrected chi connectivity index (χ3v) is 4.42. The van der Waals surface area contributed by atoms with Crippen LogP contribution in [0.25, 0.3) is 0 Å². The van der Waals surface area contributed by atoms with Crippen molar-refractivity contribution in [1.82, 2.24) is 10.6 Å². The lowest BCUT2D eigenvalue weighted by molar-refractivity contribution is -0.121. The van der Waals surface area contributed by atoms with Crippen molar-refractivity contribution in [3.8, 4) is 5.75 Å². The molecule has 0 spiro atoms. The standard InChI is InChI=1S/C21H24F2N4O2/c1-2-24-21(26-13-15-12-16(22)8-9-17(15)23)25-10-5-11-27-18-6-3-4-7-19(18)29-14-20(27)28/h3-4,6-9,12H,2,5,10-11,13-14H2,1H3,(H2,24,25,26). The van der Waals surface area contributed by atoms with Crippen molar-refractivity contribution in [2.45, 2.75) is 19.9 Å². The molecule has 0 bridgehead atoms. The lowest BCUT2D eigenvalue weighted by Gasteiger charge is -2.29. The summed E-state index contributed by atoms with van der Waals surface area (Å²) in [5.74, 6) is 0.142. The molecule has 0 fully saturated rings. The number of nitrogens with zero attached hydrogens (tertiary/aromatic N) is 2. The van der Waals surface area contributed by atoms with Gasteiger partial charge in [0.25, 0.3) is 5.91 Å². The molecule has 29 heavy (non-hydrogen) atoms. The topological polar surface area (TPSA) is 66.0 Å². The lowest BCUT2D eigenvalue weighted by atomic mass is 10.2. The van der Waals surface area contributed by atoms with Gasteiger partial charge in [-0.3, -0.25) is 4.79 Å². The lowest BCUT2D eigenvalue weighted by Crippen LogP contribution is -2.42. The molecule has 0 saturated heterocycles. The Balaban J connectivity index is 1.55. The minimum Gasteiger partial charge on any atom is -0.482 e. The molecule has 0 aliphatic carbocycles. The highest BCUT2D eigenvalue weighted by Gasteiger charge is 2.24. The number of hydrogen-bond donors (Lipinski definition) is 2. The second-order valence-corrected chi connectivity index (χ2v) is 6.51. The van der Waals surface area contributed by atoms with Crippen LogP contribution in [0.15, 0.2) is 47.5 Å². The first kappa shape index (κ1) is 20.6. The largest absolute Gasteiger partial charge is 0.482 e. The number of rotatable bonds is 7. The minimum absolute atomic E-state index is 0.0221. The molecule has 154 valence electrons. The van der Waals surface area contributed by atoms with Gasteiger partial charge >= 0.3 is 0 Å². The first-order chi connectivity index (χ1) is 14.1. The Hall–Kier alpha value is -3.16. The van der Waals surface area contributed by atoms with Crippen molar-refractivity contribution in [2.24, 2.45) is 4.99 Å². The molecule has 2 aromatic carbocycles. The van der Waals surface area contributed by atoms with Gasteiger partial charge in [-0.15, -0.1) is 0 Å². The van der Waals surface area contributed by atoms with Gasteiger partial charge in [0.1, 0.15) is 17.4 Å². The van der Waals surface area contributed by atoms with Crippen LogP contribution in [-0.2, 0) is 11.3 Å². The summed E-state index contributed by atoms with van der Waals surface area (Å²) in [6.07, 6.45) is 0.679. The van der Waals surface area contributed by atoms with Gasteiger partial charge in [0.2, 0.25) is 0 Å². The van der Waals surface area contributed by atoms with Gasteiger partial charge < -0.3 is 20.3 Å². The van der Waals surface area contributed by atoms with Gasteiger partial charge in [-0.2, -0.15) is 0 Å². The zero-order valence-electron chi connectivity index (χ0n) is 16.3. The number of hydrogen-bond acceptors (Lipinski definition) is 3. The normalized spacial score (nSPS) is 13.7. The number of amides is 1. The molecule has 8 heteroatoms. The molecule has 0 aromatic heterocycles. The first-order valence-electron chi connectivity index (χ1n) is 9.56. The summed E-state index contributed by atoms with van der Waals surface area (Å²) in [6, 6.07) is 10.8. The molecule has 6 nitrogen and oxygen atoms in total. The van der Waals surface area contributed by atoms with E-state index >= 15 is 0 Å². The number of carbonyl (C=O) groups excluding carboxylic acids is 1. The molecule has 1 aliphatic rings. The molecule has 1 amide bonds. The molecule has 0 unspecified atom stereocenters. The van der Waals surface area contributed by atoms with Gasteiger partial charge in [-0.1, -0.05) is 12.1 Å². The Kier molecular flexibility index (Phi) is 6.99. The number of para-hydroxylation sites is 2. The number of carbonyl (C=O) groups is 1. The van der Waals surface area contributed by atoms with Crippen molar-refractivity contribution in [1.29, 1.82) is 0 Å². The number of fused-ring (bicyclic) bond motifs is 1. The van der Waals surface area contributed by atoms with Crippen LogP contribution in [-0.4, -0.2) is 38.1 Å². The zero-order chi connectivity index (χ0) is 20.6. The number of halogens is 2. The number of benzene rings is 2. The van der Waals surface area contributed by atoms with E-state index in [9.17, 15) is 13.6 Å². The number of aliphatic imine (C=N–C) groups is 1. The van der Waals surface area contributed by atoms with Crippen LogP contribution in [0, 0.1) is 11.6 Å². The van der Waals surface area contributed by atoms with E-state index in [0.717, 1.165) is 23.9 Å². The van der Waals surface area contributed by atoms with Crippen LogP contribution in [0.5, 0.6) is 5.75 Å². The van der Waals surface area contributed by atoms with Crippen molar-refractivity contribution in [3.63, 3.8) is 0 Å². The van der Waals surface area contributed by atoms with Crippen molar-refractivity contribution in [3.05, 3.63) is 59.7 Å². The van der Waals surface area contributed by atoms with Crippen molar-refractivity contribution < 1.29 is 18.3 Å². The Morgan fingerprint density at radius 1 is 1.21 bits per heavy atom. The van der Waals surface area contributed by atoms with E-state index in [2.05, 4.69) is 15.6 Å². The Bertz CT molecular complexity index is 889. The Morgan fingerprint density at radius 2 is 2.03 bits per heavy atom. The maximum Gasteiger partial charge on any atom is 0.265 e. The molecular formula is C21H24F2N4O2. The molecule has 1 aliphatic heterocycles. The monoisotopic (exact) mass is 402 g/mol. The molecule has 2 N–H and O–H groups in total. The zero-order valence-corrected chi connectivity index (χ0v) is 16.3. The number of nitrogens with one attached hydrogen (secondary N) is 2. The first-order valence-corrected chi connectivity index (χ1v) is 9.56. The maximum atomic E-state index is 13.8. The fourth-order valence-electron chi connectivity index (χ4n) is 3.01. The van der Waals surface area contributed by atoms with Crippen LogP contribution in [0.1, 0.15) is 18.9 Å². The van der Waals surface area contributed by atoms with E-state index in [-0.39, 0.29) is 24.6 Å². The van der Waals surface area contributed by atoms with Gasteiger partial charge in [0.05, 0.1) is 12.2 Å². The molecule has 0 saturated carbocycles. The highest BCUT2D eigenvalue weighted by atomic mass is 19.1. The fourth-order valence-corrected chi connectivity index (χ4v) is 3.01. The van der Waals surface area contributed by atoms with Crippen molar-refractivity contribution in [2.75, 3.05) is 31.1 Å². The predicted octanol–water partition coefficient (Wildman–Crippen LogP) is 2.84. The fraction of sp³-hybridized carbons (Fsp3) is 0.333. The molecule has 1 heterocycles. The van der Waals surface area contributed by atoms with Gasteiger partial charge in [0.15, 0.2) is 12.6 Å². The van der Waals surface area contributed by atoms with Crippen molar-refractivity contribution >= 4 is 17.6 Å². The maximum absolute atomic E-state index is 13.8. The van der Waals surface area contributed by atoms with Crippen LogP contribution in [0.3, 0.4) is 0 Å². The summed E-state index contributed by atoms with van der Waals surface area (Å²) in [7, 11) is 0. The Labute approximate surface area is 168 Å². The smallest absolute Gasteiger partial charge is 0.265 e. The molecule has 3 rings (SSSR count). The SMILES string of the molecule is CCNC(=NCc1cc(F)ccc1F)NCCCN1C(=O)COc2ccccc21. The molecule has 0 atom stereocenters. The summed E-state index contributed by atoms with van der Waals surface area (Å²) >= 11 is 0. The van der Waals surface area contributed by atoms with Gasteiger partial charge in [-0.05, 0) is 43.7 Å². The van der Waals surface area contributed by atoms with Crippen LogP contribution < -0.4 is 20.3 Å². The Morgan fingerprint density at radius 3 is 2.86 bits per heavy atom. The van der Waals surface area contributed by atoms with Crippen LogP contribution in [0.4, 0.5) is 14.5 Å². The quantitative estimate of drug-likeness (QED) is 0.425. The van der Waals surface area contributed by atoms with E-state index in [1.807, 2.05) is 31.2 Å². The summed E-state index contributed by atoms with van der Waals surface area (Å²) in [5, 5.41) is 6.23. The van der Waals surface area contributed by atoms with E-state index in [1.54, 1.807) is 4.90 Å². The van der Waals surface area contributed by atoms with E-state index < -0.39 is 11.6 Å². The van der Waals surface area contributed by atoms with Gasteiger partial charge in [-0.25, -0.2) is 13.8 Å². The third kappa shape index (κ3) is 5.43. The molecule has 0 radical (unpaired) electrons. The highest BCUT2D eigenvalue weighted by molar-refractivity contribution is 5.97. The third-order valence-electron chi connectivity index (χ3n) is 4.42. The highest BCUT2D eigenvalue weighted by Crippen LogP contribution is 2.31. The summed E-state index contributed by atoms with van der Waals surface area (Å²) in [5.41, 5.74) is 0.962. The van der Waals surface area contributed by atoms with E-state index in [0.29, 0.717) is 37.8 Å². The minimum atomic E-state index is -0.495. The number of anilines is 1. The molecule has 2 aromatic rings.